The van der Waals surface area contributed by atoms with Gasteiger partial charge in [0.2, 0.25) is 0 Å². The highest BCUT2D eigenvalue weighted by Gasteiger charge is 2.08. The molecule has 22 heavy (non-hydrogen) atoms. The predicted molar refractivity (Wildman–Crippen MR) is 91.2 cm³/mol. The lowest BCUT2D eigenvalue weighted by Crippen LogP contribution is -1.91. The molecule has 0 atom stereocenters. The summed E-state index contributed by atoms with van der Waals surface area (Å²) in [6.07, 6.45) is 5.87. The highest BCUT2D eigenvalue weighted by molar-refractivity contribution is 5.89. The Hall–Kier alpha value is -2.87. The highest BCUT2D eigenvalue weighted by atomic mass is 15.0. The first-order valence-corrected chi connectivity index (χ1v) is 7.40. The van der Waals surface area contributed by atoms with Crippen LogP contribution in [0.2, 0.25) is 0 Å². The topological polar surface area (TPSA) is 17.8 Å². The molecule has 2 aromatic carbocycles. The number of fused-ring (bicyclic) bond motifs is 1. The van der Waals surface area contributed by atoms with Gasteiger partial charge >= 0.3 is 0 Å². The molecular formula is C20H16N2. The third-order valence-electron chi connectivity index (χ3n) is 4.03. The monoisotopic (exact) mass is 284 g/mol. The molecule has 2 heteroatoms. The summed E-state index contributed by atoms with van der Waals surface area (Å²) in [6.45, 7) is 2.16. The first-order valence-electron chi connectivity index (χ1n) is 7.40. The molecule has 0 aliphatic rings. The lowest BCUT2D eigenvalue weighted by Gasteiger charge is -2.06. The van der Waals surface area contributed by atoms with E-state index >= 15 is 0 Å². The van der Waals surface area contributed by atoms with Gasteiger partial charge < -0.3 is 4.57 Å². The Morgan fingerprint density at radius 2 is 1.73 bits per heavy atom. The Morgan fingerprint density at radius 3 is 2.50 bits per heavy atom. The Bertz CT molecular complexity index is 922. The third kappa shape index (κ3) is 2.09. The van der Waals surface area contributed by atoms with Crippen LogP contribution in [0.25, 0.3) is 27.7 Å². The molecule has 106 valence electrons. The summed E-state index contributed by atoms with van der Waals surface area (Å²) in [6, 6.07) is 21.2. The van der Waals surface area contributed by atoms with E-state index in [0.29, 0.717) is 0 Å². The Kier molecular flexibility index (Phi) is 3.01. The van der Waals surface area contributed by atoms with Gasteiger partial charge in [-0.1, -0.05) is 36.4 Å². The third-order valence-corrected chi connectivity index (χ3v) is 4.03. The minimum absolute atomic E-state index is 1.09. The molecule has 4 aromatic rings. The summed E-state index contributed by atoms with van der Waals surface area (Å²) in [5, 5.41) is 1.28. The van der Waals surface area contributed by atoms with Crippen molar-refractivity contribution in [2.24, 2.45) is 0 Å². The molecule has 0 saturated heterocycles. The molecule has 0 amide bonds. The zero-order chi connectivity index (χ0) is 14.9. The van der Waals surface area contributed by atoms with E-state index in [1.165, 1.54) is 27.6 Å². The maximum atomic E-state index is 4.22. The van der Waals surface area contributed by atoms with Crippen LogP contribution in [0.4, 0.5) is 0 Å². The van der Waals surface area contributed by atoms with Crippen LogP contribution in [0.1, 0.15) is 5.56 Å². The molecule has 0 N–H and O–H groups in total. The molecule has 0 aliphatic heterocycles. The number of pyridine rings is 1. The number of hydrogen-bond donors (Lipinski definition) is 0. The minimum Gasteiger partial charge on any atom is -0.315 e. The second-order valence-corrected chi connectivity index (χ2v) is 5.49. The summed E-state index contributed by atoms with van der Waals surface area (Å²) in [4.78, 5) is 4.22. The molecule has 0 fully saturated rings. The molecule has 2 heterocycles. The molecule has 0 spiro atoms. The first kappa shape index (κ1) is 12.8. The molecule has 2 aromatic heterocycles. The number of hydrogen-bond acceptors (Lipinski definition) is 1. The minimum atomic E-state index is 1.09. The van der Waals surface area contributed by atoms with E-state index in [1.807, 2.05) is 18.3 Å². The average Bonchev–Trinajstić information content (AvgIpc) is 2.93. The molecule has 0 bridgehead atoms. The van der Waals surface area contributed by atoms with Crippen molar-refractivity contribution in [3.05, 3.63) is 84.8 Å². The predicted octanol–water partition coefficient (Wildman–Crippen LogP) is 5.00. The average molecular weight is 284 g/mol. The van der Waals surface area contributed by atoms with Gasteiger partial charge in [0.1, 0.15) is 0 Å². The number of nitrogens with zero attached hydrogens (tertiary/aromatic N) is 2. The summed E-state index contributed by atoms with van der Waals surface area (Å²) >= 11 is 0. The van der Waals surface area contributed by atoms with Gasteiger partial charge in [0.15, 0.2) is 0 Å². The zero-order valence-corrected chi connectivity index (χ0v) is 12.4. The first-order chi connectivity index (χ1) is 10.8. The van der Waals surface area contributed by atoms with Crippen molar-refractivity contribution in [2.75, 3.05) is 0 Å². The fourth-order valence-corrected chi connectivity index (χ4v) is 2.91. The number of aryl methyl sites for hydroxylation is 1. The molecular weight excluding hydrogens is 268 g/mol. The summed E-state index contributed by atoms with van der Waals surface area (Å²) < 4.78 is 2.20. The second-order valence-electron chi connectivity index (χ2n) is 5.49. The Balaban J connectivity index is 1.91. The zero-order valence-electron chi connectivity index (χ0n) is 12.4. The maximum absolute atomic E-state index is 4.22. The van der Waals surface area contributed by atoms with Crippen molar-refractivity contribution in [3.63, 3.8) is 0 Å². The normalized spacial score (nSPS) is 11.0. The van der Waals surface area contributed by atoms with Crippen LogP contribution < -0.4 is 0 Å². The second kappa shape index (κ2) is 5.15. The van der Waals surface area contributed by atoms with Crippen LogP contribution >= 0.6 is 0 Å². The van der Waals surface area contributed by atoms with Crippen LogP contribution in [0, 0.1) is 6.92 Å². The van der Waals surface area contributed by atoms with Gasteiger partial charge in [0, 0.05) is 17.8 Å². The van der Waals surface area contributed by atoms with Crippen molar-refractivity contribution in [1.29, 1.82) is 0 Å². The van der Waals surface area contributed by atoms with Gasteiger partial charge in [0.25, 0.3) is 0 Å². The van der Waals surface area contributed by atoms with Crippen LogP contribution in [0.5, 0.6) is 0 Å². The summed E-state index contributed by atoms with van der Waals surface area (Å²) in [5.74, 6) is 0. The fraction of sp³-hybridized carbons (Fsp3) is 0.0500. The maximum Gasteiger partial charge on any atom is 0.0639 e. The lowest BCUT2D eigenvalue weighted by molar-refractivity contribution is 1.09. The summed E-state index contributed by atoms with van der Waals surface area (Å²) in [5.41, 5.74) is 6.08. The van der Waals surface area contributed by atoms with Gasteiger partial charge in [-0.05, 0) is 47.9 Å². The van der Waals surface area contributed by atoms with Crippen LogP contribution in [0.3, 0.4) is 0 Å². The Labute approximate surface area is 129 Å². The lowest BCUT2D eigenvalue weighted by atomic mass is 10.0. The fourth-order valence-electron chi connectivity index (χ4n) is 2.91. The number of rotatable bonds is 2. The van der Waals surface area contributed by atoms with E-state index in [0.717, 1.165) is 5.69 Å². The van der Waals surface area contributed by atoms with Crippen LogP contribution in [-0.2, 0) is 0 Å². The molecule has 4 rings (SSSR count). The van der Waals surface area contributed by atoms with Crippen LogP contribution in [0.15, 0.2) is 79.3 Å². The van der Waals surface area contributed by atoms with Crippen molar-refractivity contribution < 1.29 is 0 Å². The van der Waals surface area contributed by atoms with E-state index in [4.69, 9.17) is 0 Å². The standard InChI is InChI=1S/C20H16N2/c1-15-14-22(18-8-5-11-21-13-18)20-10-9-17(12-19(15)20)16-6-3-2-4-7-16/h2-14H,1H3. The van der Waals surface area contributed by atoms with Gasteiger partial charge in [-0.3, -0.25) is 4.98 Å². The van der Waals surface area contributed by atoms with Gasteiger partial charge in [-0.25, -0.2) is 0 Å². The quantitative estimate of drug-likeness (QED) is 0.506. The van der Waals surface area contributed by atoms with Crippen molar-refractivity contribution in [1.82, 2.24) is 9.55 Å². The Morgan fingerprint density at radius 1 is 0.864 bits per heavy atom. The molecule has 0 unspecified atom stereocenters. The highest BCUT2D eigenvalue weighted by Crippen LogP contribution is 2.29. The van der Waals surface area contributed by atoms with E-state index < -0.39 is 0 Å². The van der Waals surface area contributed by atoms with Crippen LogP contribution in [-0.4, -0.2) is 9.55 Å². The largest absolute Gasteiger partial charge is 0.315 e. The smallest absolute Gasteiger partial charge is 0.0639 e. The van der Waals surface area contributed by atoms with Crippen molar-refractivity contribution in [3.8, 4) is 16.8 Å². The van der Waals surface area contributed by atoms with E-state index in [9.17, 15) is 0 Å². The van der Waals surface area contributed by atoms with E-state index in [1.54, 1.807) is 6.20 Å². The molecule has 2 nitrogen and oxygen atoms in total. The van der Waals surface area contributed by atoms with Crippen molar-refractivity contribution >= 4 is 10.9 Å². The van der Waals surface area contributed by atoms with Crippen molar-refractivity contribution in [2.45, 2.75) is 6.92 Å². The molecule has 0 saturated carbocycles. The molecule has 0 aliphatic carbocycles. The number of aromatic nitrogens is 2. The van der Waals surface area contributed by atoms with E-state index in [-0.39, 0.29) is 0 Å². The summed E-state index contributed by atoms with van der Waals surface area (Å²) in [7, 11) is 0. The molecule has 0 radical (unpaired) electrons. The van der Waals surface area contributed by atoms with Gasteiger partial charge in [0.05, 0.1) is 17.4 Å². The van der Waals surface area contributed by atoms with Gasteiger partial charge in [-0.15, -0.1) is 0 Å². The van der Waals surface area contributed by atoms with Gasteiger partial charge in [-0.2, -0.15) is 0 Å². The SMILES string of the molecule is Cc1cn(-c2cccnc2)c2ccc(-c3ccccc3)cc12. The number of benzene rings is 2. The van der Waals surface area contributed by atoms with E-state index in [2.05, 4.69) is 71.2 Å².